The molecule has 0 atom stereocenters. The summed E-state index contributed by atoms with van der Waals surface area (Å²) in [7, 11) is 0. The number of para-hydroxylation sites is 2. The molecule has 0 fully saturated rings. The molecule has 0 saturated carbocycles. The second-order valence-corrected chi connectivity index (χ2v) is 4.08. The first-order chi connectivity index (χ1) is 9.13. The lowest BCUT2D eigenvalue weighted by molar-refractivity contribution is -0.116. The molecular weight excluding hydrogens is 242 g/mol. The quantitative estimate of drug-likeness (QED) is 0.565. The Morgan fingerprint density at radius 2 is 2.32 bits per heavy atom. The maximum absolute atomic E-state index is 12.1. The molecule has 1 aromatic carbocycles. The zero-order valence-electron chi connectivity index (χ0n) is 10.6. The topological polar surface area (TPSA) is 80.6 Å². The van der Waals surface area contributed by atoms with E-state index in [2.05, 4.69) is 22.6 Å². The number of hydrogen-bond acceptors (Lipinski definition) is 5. The van der Waals surface area contributed by atoms with E-state index in [4.69, 9.17) is 5.41 Å². The van der Waals surface area contributed by atoms with E-state index in [1.165, 1.54) is 11.0 Å². The first-order valence-electron chi connectivity index (χ1n) is 5.78. The van der Waals surface area contributed by atoms with Gasteiger partial charge in [-0.05, 0) is 19.1 Å². The maximum atomic E-state index is 12.1. The van der Waals surface area contributed by atoms with Crippen LogP contribution in [0.1, 0.15) is 6.92 Å². The third kappa shape index (κ3) is 2.62. The number of carbonyl (C=O) groups excluding carboxylic acids is 1. The maximum Gasteiger partial charge on any atom is 0.252 e. The van der Waals surface area contributed by atoms with Crippen LogP contribution in [-0.2, 0) is 4.79 Å². The van der Waals surface area contributed by atoms with Crippen LogP contribution < -0.4 is 15.6 Å². The Morgan fingerprint density at radius 3 is 3.00 bits per heavy atom. The van der Waals surface area contributed by atoms with Gasteiger partial charge in [-0.1, -0.05) is 12.1 Å². The van der Waals surface area contributed by atoms with E-state index in [0.29, 0.717) is 11.5 Å². The van der Waals surface area contributed by atoms with E-state index in [0.717, 1.165) is 11.4 Å². The highest BCUT2D eigenvalue weighted by Gasteiger charge is 2.26. The summed E-state index contributed by atoms with van der Waals surface area (Å²) in [5, 5.41) is 14.2. The van der Waals surface area contributed by atoms with E-state index in [1.54, 1.807) is 6.92 Å². The van der Waals surface area contributed by atoms with Crippen molar-refractivity contribution in [3.05, 3.63) is 36.2 Å². The highest BCUT2D eigenvalue weighted by atomic mass is 16.2. The minimum absolute atomic E-state index is 0.123. The summed E-state index contributed by atoms with van der Waals surface area (Å²) in [6, 6.07) is 7.47. The van der Waals surface area contributed by atoms with E-state index >= 15 is 0 Å². The van der Waals surface area contributed by atoms with E-state index in [-0.39, 0.29) is 12.5 Å². The molecule has 0 saturated heterocycles. The molecule has 3 N–H and O–H groups in total. The first kappa shape index (κ1) is 12.8. The van der Waals surface area contributed by atoms with Crippen LogP contribution in [0, 0.1) is 5.41 Å². The van der Waals surface area contributed by atoms with Crippen molar-refractivity contribution in [1.29, 1.82) is 5.41 Å². The molecular formula is C13H15N5O. The third-order valence-electron chi connectivity index (χ3n) is 2.61. The van der Waals surface area contributed by atoms with Crippen molar-refractivity contribution in [2.75, 3.05) is 16.8 Å². The second kappa shape index (κ2) is 5.34. The largest absolute Gasteiger partial charge is 0.374 e. The van der Waals surface area contributed by atoms with Gasteiger partial charge in [-0.25, -0.2) is 0 Å². The van der Waals surface area contributed by atoms with Gasteiger partial charge in [0.15, 0.2) is 0 Å². The molecule has 0 aliphatic carbocycles. The van der Waals surface area contributed by atoms with Crippen LogP contribution in [0.4, 0.5) is 11.4 Å². The molecule has 0 unspecified atom stereocenters. The second-order valence-electron chi connectivity index (χ2n) is 4.08. The Balaban J connectivity index is 2.49. The van der Waals surface area contributed by atoms with Crippen LogP contribution in [0.15, 0.2) is 41.3 Å². The van der Waals surface area contributed by atoms with Gasteiger partial charge >= 0.3 is 0 Å². The summed E-state index contributed by atoms with van der Waals surface area (Å²) >= 11 is 0. The number of benzene rings is 1. The predicted octanol–water partition coefficient (Wildman–Crippen LogP) is 1.53. The van der Waals surface area contributed by atoms with E-state index in [9.17, 15) is 4.79 Å². The number of rotatable bonds is 4. The van der Waals surface area contributed by atoms with Crippen LogP contribution in [0.3, 0.4) is 0 Å². The summed E-state index contributed by atoms with van der Waals surface area (Å²) in [6.45, 7) is 5.18. The van der Waals surface area contributed by atoms with Gasteiger partial charge in [0.05, 0.1) is 17.9 Å². The number of hydrogen-bond donors (Lipinski definition) is 3. The molecule has 1 aliphatic heterocycles. The van der Waals surface area contributed by atoms with Gasteiger partial charge in [0.2, 0.25) is 0 Å². The standard InChI is InChI=1S/C13H15N5O/c1-9(14)7-12(17-15-2)18-11-6-4-3-5-10(11)16-8-13(18)19/h3-7,14,16-17H,2,8H2,1H3/b12-7+,14-9?. The number of fused-ring (bicyclic) bond motifs is 1. The number of allylic oxidation sites excluding steroid dienone is 1. The summed E-state index contributed by atoms with van der Waals surface area (Å²) in [6.07, 6.45) is 1.54. The van der Waals surface area contributed by atoms with Gasteiger partial charge in [-0.3, -0.25) is 15.1 Å². The van der Waals surface area contributed by atoms with Gasteiger partial charge < -0.3 is 10.7 Å². The van der Waals surface area contributed by atoms with Crippen LogP contribution in [0.25, 0.3) is 0 Å². The minimum Gasteiger partial charge on any atom is -0.374 e. The molecule has 19 heavy (non-hydrogen) atoms. The van der Waals surface area contributed by atoms with Gasteiger partial charge in [0.25, 0.3) is 5.91 Å². The molecule has 1 amide bonds. The predicted molar refractivity (Wildman–Crippen MR) is 76.6 cm³/mol. The summed E-state index contributed by atoms with van der Waals surface area (Å²) in [5.74, 6) is 0.295. The molecule has 0 bridgehead atoms. The monoisotopic (exact) mass is 257 g/mol. The Bertz CT molecular complexity index is 564. The highest BCUT2D eigenvalue weighted by Crippen LogP contribution is 2.31. The molecule has 1 aliphatic rings. The third-order valence-corrected chi connectivity index (χ3v) is 2.61. The first-order valence-corrected chi connectivity index (χ1v) is 5.78. The Morgan fingerprint density at radius 1 is 1.58 bits per heavy atom. The van der Waals surface area contributed by atoms with E-state index < -0.39 is 0 Å². The van der Waals surface area contributed by atoms with Crippen molar-refractivity contribution in [3.8, 4) is 0 Å². The molecule has 98 valence electrons. The Hall–Kier alpha value is -2.63. The fourth-order valence-corrected chi connectivity index (χ4v) is 1.90. The molecule has 1 aromatic rings. The summed E-state index contributed by atoms with van der Waals surface area (Å²) in [4.78, 5) is 13.6. The lowest BCUT2D eigenvalue weighted by atomic mass is 10.2. The number of nitrogens with zero attached hydrogens (tertiary/aromatic N) is 2. The summed E-state index contributed by atoms with van der Waals surface area (Å²) < 4.78 is 0. The molecule has 0 radical (unpaired) electrons. The van der Waals surface area contributed by atoms with Crippen molar-refractivity contribution in [3.63, 3.8) is 0 Å². The minimum atomic E-state index is -0.123. The highest BCUT2D eigenvalue weighted by molar-refractivity contribution is 6.06. The van der Waals surface area contributed by atoms with Crippen molar-refractivity contribution in [2.45, 2.75) is 6.92 Å². The molecule has 0 aromatic heterocycles. The number of carbonyl (C=O) groups is 1. The number of nitrogens with one attached hydrogen (secondary N) is 3. The fraction of sp³-hybridized carbons (Fsp3) is 0.154. The number of amides is 1. The lowest BCUT2D eigenvalue weighted by Gasteiger charge is -2.31. The number of anilines is 2. The van der Waals surface area contributed by atoms with Crippen molar-refractivity contribution >= 4 is 29.7 Å². The fourth-order valence-electron chi connectivity index (χ4n) is 1.90. The Labute approximate surface area is 111 Å². The van der Waals surface area contributed by atoms with Gasteiger partial charge in [0.1, 0.15) is 5.82 Å². The number of hydrazone groups is 1. The average Bonchev–Trinajstić information content (AvgIpc) is 2.37. The van der Waals surface area contributed by atoms with Crippen LogP contribution >= 0.6 is 0 Å². The molecule has 1 heterocycles. The van der Waals surface area contributed by atoms with Crippen molar-refractivity contribution < 1.29 is 4.79 Å². The molecule has 0 spiro atoms. The summed E-state index contributed by atoms with van der Waals surface area (Å²) in [5.41, 5.74) is 4.57. The average molecular weight is 257 g/mol. The molecule has 6 heteroatoms. The molecule has 6 nitrogen and oxygen atoms in total. The van der Waals surface area contributed by atoms with Gasteiger partial charge in [-0.15, -0.1) is 0 Å². The normalized spacial score (nSPS) is 14.5. The van der Waals surface area contributed by atoms with Crippen LogP contribution in [0.5, 0.6) is 0 Å². The lowest BCUT2D eigenvalue weighted by Crippen LogP contribution is -2.42. The van der Waals surface area contributed by atoms with E-state index in [1.807, 2.05) is 24.3 Å². The smallest absolute Gasteiger partial charge is 0.252 e. The van der Waals surface area contributed by atoms with Crippen LogP contribution in [0.2, 0.25) is 0 Å². The Kier molecular flexibility index (Phi) is 3.61. The zero-order valence-corrected chi connectivity index (χ0v) is 10.6. The van der Waals surface area contributed by atoms with Crippen molar-refractivity contribution in [2.24, 2.45) is 5.10 Å². The zero-order chi connectivity index (χ0) is 13.8. The SMILES string of the molecule is C=NN/C(=C\C(C)=N)N1C(=O)CNc2ccccc21. The molecule has 2 rings (SSSR count). The van der Waals surface area contributed by atoms with Gasteiger partial charge in [0, 0.05) is 18.5 Å². The van der Waals surface area contributed by atoms with Gasteiger partial charge in [-0.2, -0.15) is 5.10 Å². The van der Waals surface area contributed by atoms with Crippen molar-refractivity contribution in [1.82, 2.24) is 5.43 Å². The van der Waals surface area contributed by atoms with Crippen LogP contribution in [-0.4, -0.2) is 24.9 Å².